The summed E-state index contributed by atoms with van der Waals surface area (Å²) in [6, 6.07) is 13.2. The fraction of sp³-hybridized carbons (Fsp3) is 0.500. The van der Waals surface area contributed by atoms with Crippen molar-refractivity contribution in [3.63, 3.8) is 0 Å². The van der Waals surface area contributed by atoms with Crippen LogP contribution in [0.25, 0.3) is 10.8 Å². The lowest BCUT2D eigenvalue weighted by Crippen LogP contribution is -2.56. The summed E-state index contributed by atoms with van der Waals surface area (Å²) < 4.78 is 5.90. The molecule has 0 aromatic heterocycles. The molecule has 0 aliphatic rings. The summed E-state index contributed by atoms with van der Waals surface area (Å²) >= 11 is 0. The Morgan fingerprint density at radius 3 is 2.12 bits per heavy atom. The molecule has 0 fully saturated rings. The van der Waals surface area contributed by atoms with E-state index in [0.717, 1.165) is 16.3 Å². The van der Waals surface area contributed by atoms with Gasteiger partial charge in [0.25, 0.3) is 0 Å². The van der Waals surface area contributed by atoms with Crippen molar-refractivity contribution in [2.45, 2.75) is 66.2 Å². The Hall–Kier alpha value is -2.73. The molecule has 6 nitrogen and oxygen atoms in total. The van der Waals surface area contributed by atoms with Crippen LogP contribution in [0.15, 0.2) is 42.5 Å². The first-order chi connectivity index (χ1) is 14.9. The number of hydrogen-bond donors (Lipinski definition) is 2. The minimum Gasteiger partial charge on any atom is -0.367 e. The molecule has 0 saturated carbocycles. The zero-order valence-corrected chi connectivity index (χ0v) is 20.2. The van der Waals surface area contributed by atoms with Crippen molar-refractivity contribution in [2.24, 2.45) is 11.3 Å². The Labute approximate surface area is 191 Å². The van der Waals surface area contributed by atoms with E-state index in [0.29, 0.717) is 6.42 Å². The molecule has 0 bridgehead atoms. The van der Waals surface area contributed by atoms with Gasteiger partial charge in [-0.1, -0.05) is 63.2 Å². The number of hydrogen-bond acceptors (Lipinski definition) is 4. The number of amides is 2. The third-order valence-corrected chi connectivity index (χ3v) is 5.45. The molecule has 174 valence electrons. The Bertz CT molecular complexity index is 962. The molecule has 2 aromatic rings. The summed E-state index contributed by atoms with van der Waals surface area (Å²) in [6.45, 7) is 10.8. The summed E-state index contributed by atoms with van der Waals surface area (Å²) in [6.07, 6.45) is -0.821. The largest absolute Gasteiger partial charge is 0.367 e. The van der Waals surface area contributed by atoms with Crippen LogP contribution in [0.2, 0.25) is 0 Å². The SMILES string of the molecule is CNC(=O)[C@@H](NC(=O)[C@H](Cc1ccc2ccccc2c1)[C@H](OC(C)C)C(C)=O)C(C)(C)C. The second-order valence-electron chi connectivity index (χ2n) is 9.63. The molecule has 0 aliphatic heterocycles. The summed E-state index contributed by atoms with van der Waals surface area (Å²) in [7, 11) is 1.54. The molecule has 0 heterocycles. The van der Waals surface area contributed by atoms with Crippen LogP contribution >= 0.6 is 0 Å². The average Bonchev–Trinajstić information content (AvgIpc) is 2.72. The highest BCUT2D eigenvalue weighted by molar-refractivity contribution is 5.93. The van der Waals surface area contributed by atoms with Gasteiger partial charge in [0.15, 0.2) is 5.78 Å². The van der Waals surface area contributed by atoms with Crippen molar-refractivity contribution >= 4 is 28.4 Å². The number of fused-ring (bicyclic) bond motifs is 1. The number of carbonyl (C=O) groups is 3. The van der Waals surface area contributed by atoms with Crippen molar-refractivity contribution in [2.75, 3.05) is 7.05 Å². The van der Waals surface area contributed by atoms with E-state index in [1.807, 2.05) is 77.1 Å². The fourth-order valence-corrected chi connectivity index (χ4v) is 3.79. The molecule has 0 unspecified atom stereocenters. The molecule has 0 saturated heterocycles. The van der Waals surface area contributed by atoms with Gasteiger partial charge in [0, 0.05) is 7.05 Å². The molecule has 0 aliphatic carbocycles. The van der Waals surface area contributed by atoms with E-state index < -0.39 is 23.5 Å². The standard InChI is InChI=1S/C26H36N2O4/c1-16(2)32-22(17(3)29)21(24(30)28-23(25(31)27-7)26(4,5)6)15-18-12-13-19-10-8-9-11-20(19)14-18/h8-14,16,21-23H,15H2,1-7H3,(H,27,31)(H,28,30)/t21-,22-,23-/m1/s1. The van der Waals surface area contributed by atoms with Crippen LogP contribution < -0.4 is 10.6 Å². The molecule has 32 heavy (non-hydrogen) atoms. The minimum absolute atomic E-state index is 0.216. The number of benzene rings is 2. The molecule has 2 amide bonds. The van der Waals surface area contributed by atoms with Crippen molar-refractivity contribution in [3.05, 3.63) is 48.0 Å². The zero-order valence-electron chi connectivity index (χ0n) is 20.2. The zero-order chi connectivity index (χ0) is 24.1. The van der Waals surface area contributed by atoms with Gasteiger partial charge in [-0.05, 0) is 48.9 Å². The van der Waals surface area contributed by atoms with Gasteiger partial charge in [-0.15, -0.1) is 0 Å². The Morgan fingerprint density at radius 1 is 0.969 bits per heavy atom. The second-order valence-corrected chi connectivity index (χ2v) is 9.63. The van der Waals surface area contributed by atoms with E-state index in [2.05, 4.69) is 10.6 Å². The monoisotopic (exact) mass is 440 g/mol. The number of Topliss-reactive ketones (excluding diaryl/α,β-unsaturated/α-hetero) is 1. The fourth-order valence-electron chi connectivity index (χ4n) is 3.79. The summed E-state index contributed by atoms with van der Waals surface area (Å²) in [4.78, 5) is 38.5. The van der Waals surface area contributed by atoms with Gasteiger partial charge < -0.3 is 15.4 Å². The number of ether oxygens (including phenoxy) is 1. The van der Waals surface area contributed by atoms with Crippen LogP contribution in [0, 0.1) is 11.3 Å². The van der Waals surface area contributed by atoms with Gasteiger partial charge in [-0.25, -0.2) is 0 Å². The van der Waals surface area contributed by atoms with E-state index >= 15 is 0 Å². The predicted octanol–water partition coefficient (Wildman–Crippen LogP) is 3.66. The molecule has 2 N–H and O–H groups in total. The van der Waals surface area contributed by atoms with Gasteiger partial charge in [-0.2, -0.15) is 0 Å². The summed E-state index contributed by atoms with van der Waals surface area (Å²) in [5.74, 6) is -1.64. The lowest BCUT2D eigenvalue weighted by atomic mass is 9.84. The van der Waals surface area contributed by atoms with Crippen LogP contribution in [0.4, 0.5) is 0 Å². The van der Waals surface area contributed by atoms with E-state index in [1.165, 1.54) is 6.92 Å². The molecule has 6 heteroatoms. The molecule has 0 radical (unpaired) electrons. The highest BCUT2D eigenvalue weighted by atomic mass is 16.5. The van der Waals surface area contributed by atoms with Crippen molar-refractivity contribution in [1.29, 1.82) is 0 Å². The smallest absolute Gasteiger partial charge is 0.242 e. The number of carbonyl (C=O) groups excluding carboxylic acids is 3. The van der Waals surface area contributed by atoms with Gasteiger partial charge in [0.1, 0.15) is 12.1 Å². The maximum atomic E-state index is 13.5. The quantitative estimate of drug-likeness (QED) is 0.623. The van der Waals surface area contributed by atoms with Gasteiger partial charge in [0.2, 0.25) is 11.8 Å². The highest BCUT2D eigenvalue weighted by Gasteiger charge is 2.38. The first-order valence-corrected chi connectivity index (χ1v) is 11.1. The van der Waals surface area contributed by atoms with Crippen LogP contribution in [-0.4, -0.2) is 42.9 Å². The first kappa shape index (κ1) is 25.5. The number of nitrogens with one attached hydrogen (secondary N) is 2. The number of likely N-dealkylation sites (N-methyl/N-ethyl adjacent to an activating group) is 1. The number of ketones is 1. The molecule has 0 spiro atoms. The van der Waals surface area contributed by atoms with E-state index in [9.17, 15) is 14.4 Å². The highest BCUT2D eigenvalue weighted by Crippen LogP contribution is 2.24. The first-order valence-electron chi connectivity index (χ1n) is 11.1. The molecule has 2 rings (SSSR count). The number of rotatable bonds is 9. The van der Waals surface area contributed by atoms with E-state index in [4.69, 9.17) is 4.74 Å². The second kappa shape index (κ2) is 10.7. The Balaban J connectivity index is 2.42. The van der Waals surface area contributed by atoms with E-state index in [1.54, 1.807) is 7.05 Å². The lowest BCUT2D eigenvalue weighted by Gasteiger charge is -2.33. The van der Waals surface area contributed by atoms with Crippen LogP contribution in [0.1, 0.15) is 47.1 Å². The third-order valence-electron chi connectivity index (χ3n) is 5.45. The summed E-state index contributed by atoms with van der Waals surface area (Å²) in [5.41, 5.74) is 0.420. The normalized spacial score (nSPS) is 14.6. The van der Waals surface area contributed by atoms with Gasteiger partial charge >= 0.3 is 0 Å². The average molecular weight is 441 g/mol. The maximum absolute atomic E-state index is 13.5. The summed E-state index contributed by atoms with van der Waals surface area (Å²) in [5, 5.41) is 7.67. The maximum Gasteiger partial charge on any atom is 0.242 e. The lowest BCUT2D eigenvalue weighted by molar-refractivity contribution is -0.146. The molecule has 3 atom stereocenters. The minimum atomic E-state index is -0.910. The van der Waals surface area contributed by atoms with Crippen molar-refractivity contribution < 1.29 is 19.1 Å². The Morgan fingerprint density at radius 2 is 1.59 bits per heavy atom. The topological polar surface area (TPSA) is 84.5 Å². The van der Waals surface area contributed by atoms with Crippen molar-refractivity contribution in [3.8, 4) is 0 Å². The van der Waals surface area contributed by atoms with Crippen LogP contribution in [0.3, 0.4) is 0 Å². The van der Waals surface area contributed by atoms with Gasteiger partial charge in [-0.3, -0.25) is 14.4 Å². The Kier molecular flexibility index (Phi) is 8.56. The van der Waals surface area contributed by atoms with Gasteiger partial charge in [0.05, 0.1) is 12.0 Å². The third kappa shape index (κ3) is 6.63. The van der Waals surface area contributed by atoms with Crippen LogP contribution in [-0.2, 0) is 25.5 Å². The predicted molar refractivity (Wildman–Crippen MR) is 127 cm³/mol. The molecular formula is C26H36N2O4. The van der Waals surface area contributed by atoms with E-state index in [-0.39, 0.29) is 23.7 Å². The molecule has 2 aromatic carbocycles. The van der Waals surface area contributed by atoms with Crippen molar-refractivity contribution in [1.82, 2.24) is 10.6 Å². The van der Waals surface area contributed by atoms with Crippen LogP contribution in [0.5, 0.6) is 0 Å². The molecular weight excluding hydrogens is 404 g/mol.